The highest BCUT2D eigenvalue weighted by molar-refractivity contribution is 5.95. The normalized spacial score (nSPS) is 20.6. The minimum absolute atomic E-state index is 0.0141. The van der Waals surface area contributed by atoms with Crippen molar-refractivity contribution in [1.29, 1.82) is 0 Å². The molecule has 7 heteroatoms. The molecule has 1 aliphatic rings. The van der Waals surface area contributed by atoms with E-state index in [4.69, 9.17) is 10.5 Å². The number of rotatable bonds is 5. The van der Waals surface area contributed by atoms with Gasteiger partial charge in [0.2, 0.25) is 5.91 Å². The predicted molar refractivity (Wildman–Crippen MR) is 97.6 cm³/mol. The second kappa shape index (κ2) is 7.70. The molecule has 2 atom stereocenters. The number of nitrogens with zero attached hydrogens (tertiary/aromatic N) is 3. The molecule has 0 radical (unpaired) electrons. The van der Waals surface area contributed by atoms with Crippen LogP contribution in [0.4, 0.5) is 10.2 Å². The number of likely N-dealkylation sites (tertiary alicyclic amines) is 1. The number of anilines is 1. The summed E-state index contributed by atoms with van der Waals surface area (Å²) in [5.41, 5.74) is 7.08. The third-order valence-electron chi connectivity index (χ3n) is 4.67. The van der Waals surface area contributed by atoms with Gasteiger partial charge in [-0.05, 0) is 42.7 Å². The number of carbonyl (C=O) groups excluding carboxylic acids is 1. The molecule has 1 amide bonds. The molecule has 2 N–H and O–H groups in total. The average molecular weight is 358 g/mol. The maximum absolute atomic E-state index is 13.4. The minimum Gasteiger partial charge on any atom is -0.382 e. The van der Waals surface area contributed by atoms with Crippen LogP contribution in [0.5, 0.6) is 0 Å². The Morgan fingerprint density at radius 3 is 2.92 bits per heavy atom. The number of aromatic nitrogens is 2. The molecule has 1 aromatic carbocycles. The van der Waals surface area contributed by atoms with Gasteiger partial charge in [0.15, 0.2) is 0 Å². The predicted octanol–water partition coefficient (Wildman–Crippen LogP) is 2.32. The maximum atomic E-state index is 13.4. The van der Waals surface area contributed by atoms with Crippen molar-refractivity contribution >= 4 is 17.3 Å². The number of nitrogens with two attached hydrogens (primary N) is 1. The zero-order valence-electron chi connectivity index (χ0n) is 14.9. The van der Waals surface area contributed by atoms with Crippen LogP contribution in [0.15, 0.2) is 42.6 Å². The summed E-state index contributed by atoms with van der Waals surface area (Å²) in [6, 6.07) is 7.91. The first-order chi connectivity index (χ1) is 12.5. The highest BCUT2D eigenvalue weighted by Gasteiger charge is 2.35. The molecule has 3 rings (SSSR count). The van der Waals surface area contributed by atoms with Crippen LogP contribution >= 0.6 is 0 Å². The molecule has 1 fully saturated rings. The minimum atomic E-state index is -0.322. The van der Waals surface area contributed by atoms with Gasteiger partial charge in [0, 0.05) is 25.9 Å². The van der Waals surface area contributed by atoms with Crippen LogP contribution < -0.4 is 5.73 Å². The fraction of sp³-hybridized carbons (Fsp3) is 0.368. The van der Waals surface area contributed by atoms with Crippen molar-refractivity contribution in [3.8, 4) is 0 Å². The van der Waals surface area contributed by atoms with Crippen molar-refractivity contribution in [2.75, 3.05) is 19.4 Å². The van der Waals surface area contributed by atoms with E-state index in [1.165, 1.54) is 12.1 Å². The van der Waals surface area contributed by atoms with Crippen LogP contribution in [0.25, 0.3) is 5.57 Å². The van der Waals surface area contributed by atoms with Gasteiger partial charge < -0.3 is 15.4 Å². The van der Waals surface area contributed by atoms with E-state index in [2.05, 4.69) is 5.10 Å². The van der Waals surface area contributed by atoms with Gasteiger partial charge in [-0.2, -0.15) is 5.10 Å². The van der Waals surface area contributed by atoms with E-state index in [0.29, 0.717) is 24.5 Å². The Morgan fingerprint density at radius 1 is 1.46 bits per heavy atom. The van der Waals surface area contributed by atoms with Gasteiger partial charge in [-0.3, -0.25) is 9.48 Å². The molecule has 0 unspecified atom stereocenters. The average Bonchev–Trinajstić information content (AvgIpc) is 3.21. The van der Waals surface area contributed by atoms with Crippen LogP contribution in [0.1, 0.15) is 18.9 Å². The molecule has 0 aliphatic carbocycles. The van der Waals surface area contributed by atoms with Gasteiger partial charge in [0.25, 0.3) is 0 Å². The number of hydrogen-bond acceptors (Lipinski definition) is 4. The molecule has 0 saturated carbocycles. The summed E-state index contributed by atoms with van der Waals surface area (Å²) < 4.78 is 20.6. The molecule has 1 aliphatic heterocycles. The lowest BCUT2D eigenvalue weighted by Crippen LogP contribution is -2.37. The number of allylic oxidation sites excluding steroid dienone is 1. The highest BCUT2D eigenvalue weighted by atomic mass is 19.1. The Kier molecular flexibility index (Phi) is 5.37. The molecule has 138 valence electrons. The summed E-state index contributed by atoms with van der Waals surface area (Å²) in [5.74, 6) is 0.0138. The standard InChI is InChI=1S/C19H23FN4O2/c1-13(14-4-3-5-15(20)9-14)8-19(25)24-12-17(26-2)10-16(24)11-23-7-6-18(21)22-23/h3-9,16-17H,10-12H2,1-2H3,(H2,21,22)/b13-8+/t16-,17+/m0/s1. The fourth-order valence-electron chi connectivity index (χ4n) is 3.27. The third kappa shape index (κ3) is 4.11. The Hall–Kier alpha value is -2.67. The zero-order valence-corrected chi connectivity index (χ0v) is 14.9. The second-order valence-electron chi connectivity index (χ2n) is 6.54. The molecule has 0 spiro atoms. The summed E-state index contributed by atoms with van der Waals surface area (Å²) in [4.78, 5) is 14.6. The van der Waals surface area contributed by atoms with E-state index in [0.717, 1.165) is 12.0 Å². The number of methoxy groups -OCH3 is 1. The largest absolute Gasteiger partial charge is 0.382 e. The Balaban J connectivity index is 1.77. The first-order valence-electron chi connectivity index (χ1n) is 8.53. The highest BCUT2D eigenvalue weighted by Crippen LogP contribution is 2.23. The summed E-state index contributed by atoms with van der Waals surface area (Å²) in [6.07, 6.45) is 4.07. The number of halogens is 1. The van der Waals surface area contributed by atoms with Crippen LogP contribution in [-0.4, -0.2) is 46.4 Å². The van der Waals surface area contributed by atoms with E-state index in [9.17, 15) is 9.18 Å². The zero-order chi connectivity index (χ0) is 18.7. The number of amides is 1. The topological polar surface area (TPSA) is 73.4 Å². The summed E-state index contributed by atoms with van der Waals surface area (Å²) in [5, 5.41) is 4.20. The van der Waals surface area contributed by atoms with Gasteiger partial charge in [0.1, 0.15) is 11.6 Å². The van der Waals surface area contributed by atoms with Gasteiger partial charge in [0.05, 0.1) is 18.7 Å². The molecule has 26 heavy (non-hydrogen) atoms. The first kappa shape index (κ1) is 18.1. The van der Waals surface area contributed by atoms with Crippen molar-refractivity contribution in [1.82, 2.24) is 14.7 Å². The van der Waals surface area contributed by atoms with Crippen molar-refractivity contribution < 1.29 is 13.9 Å². The van der Waals surface area contributed by atoms with Gasteiger partial charge in [-0.25, -0.2) is 4.39 Å². The third-order valence-corrected chi connectivity index (χ3v) is 4.67. The lowest BCUT2D eigenvalue weighted by Gasteiger charge is -2.23. The van der Waals surface area contributed by atoms with Crippen molar-refractivity contribution in [2.45, 2.75) is 32.0 Å². The Bertz CT molecular complexity index is 817. The van der Waals surface area contributed by atoms with Crippen molar-refractivity contribution in [3.63, 3.8) is 0 Å². The fourth-order valence-corrected chi connectivity index (χ4v) is 3.27. The van der Waals surface area contributed by atoms with Gasteiger partial charge >= 0.3 is 0 Å². The van der Waals surface area contributed by atoms with Gasteiger partial charge in [-0.1, -0.05) is 12.1 Å². The summed E-state index contributed by atoms with van der Waals surface area (Å²) in [7, 11) is 1.65. The Morgan fingerprint density at radius 2 is 2.27 bits per heavy atom. The molecule has 2 aromatic rings. The van der Waals surface area contributed by atoms with Crippen molar-refractivity contribution in [3.05, 3.63) is 54.0 Å². The van der Waals surface area contributed by atoms with E-state index in [-0.39, 0.29) is 23.9 Å². The molecule has 6 nitrogen and oxygen atoms in total. The number of hydrogen-bond donors (Lipinski definition) is 1. The van der Waals surface area contributed by atoms with E-state index >= 15 is 0 Å². The lowest BCUT2D eigenvalue weighted by atomic mass is 10.1. The van der Waals surface area contributed by atoms with E-state index in [1.54, 1.807) is 54.1 Å². The van der Waals surface area contributed by atoms with Crippen molar-refractivity contribution in [2.24, 2.45) is 0 Å². The Labute approximate surface area is 152 Å². The van der Waals surface area contributed by atoms with E-state index < -0.39 is 0 Å². The number of carbonyl (C=O) groups is 1. The maximum Gasteiger partial charge on any atom is 0.247 e. The van der Waals surface area contributed by atoms with Crippen LogP contribution in [0.2, 0.25) is 0 Å². The second-order valence-corrected chi connectivity index (χ2v) is 6.54. The van der Waals surface area contributed by atoms with Crippen LogP contribution in [-0.2, 0) is 16.1 Å². The monoisotopic (exact) mass is 358 g/mol. The van der Waals surface area contributed by atoms with E-state index in [1.807, 2.05) is 0 Å². The molecule has 1 saturated heterocycles. The summed E-state index contributed by atoms with van der Waals surface area (Å²) in [6.45, 7) is 2.87. The smallest absolute Gasteiger partial charge is 0.247 e. The molecule has 2 heterocycles. The number of ether oxygens (including phenoxy) is 1. The molecule has 1 aromatic heterocycles. The lowest BCUT2D eigenvalue weighted by molar-refractivity contribution is -0.127. The first-order valence-corrected chi connectivity index (χ1v) is 8.53. The molecular formula is C19H23FN4O2. The van der Waals surface area contributed by atoms with Crippen LogP contribution in [0.3, 0.4) is 0 Å². The quantitative estimate of drug-likeness (QED) is 0.833. The number of nitrogen functional groups attached to an aromatic ring is 1. The molecular weight excluding hydrogens is 335 g/mol. The molecule has 0 bridgehead atoms. The number of benzene rings is 1. The summed E-state index contributed by atoms with van der Waals surface area (Å²) >= 11 is 0. The van der Waals surface area contributed by atoms with Gasteiger partial charge in [-0.15, -0.1) is 0 Å². The SMILES string of the molecule is CO[C@@H]1C[C@@H](Cn2ccc(N)n2)N(C(=O)/C=C(\C)c2cccc(F)c2)C1. The van der Waals surface area contributed by atoms with Crippen LogP contribution in [0, 0.1) is 5.82 Å².